The number of anilines is 2. The van der Waals surface area contributed by atoms with Crippen LogP contribution in [0.25, 0.3) is 0 Å². The zero-order valence-electron chi connectivity index (χ0n) is 10.4. The molecule has 0 saturated carbocycles. The molecule has 0 fully saturated rings. The summed E-state index contributed by atoms with van der Waals surface area (Å²) >= 11 is 0. The third kappa shape index (κ3) is 1.62. The van der Waals surface area contributed by atoms with E-state index in [4.69, 9.17) is 0 Å². The van der Waals surface area contributed by atoms with Crippen LogP contribution in [0.2, 0.25) is 0 Å². The van der Waals surface area contributed by atoms with E-state index >= 15 is 0 Å². The molecule has 0 aliphatic carbocycles. The molecule has 2 aromatic carbocycles. The van der Waals surface area contributed by atoms with Gasteiger partial charge in [-0.15, -0.1) is 0 Å². The van der Waals surface area contributed by atoms with Crippen LogP contribution in [0.5, 0.6) is 0 Å². The fourth-order valence-electron chi connectivity index (χ4n) is 2.69. The maximum atomic E-state index is 2.41. The summed E-state index contributed by atoms with van der Waals surface area (Å²) in [6.45, 7) is 5.68. The highest BCUT2D eigenvalue weighted by Gasteiger charge is 2.35. The fraction of sp³-hybridized carbons (Fsp3) is 0.250. The summed E-state index contributed by atoms with van der Waals surface area (Å²) in [6.07, 6.45) is 0. The summed E-state index contributed by atoms with van der Waals surface area (Å²) in [7, 11) is 0. The van der Waals surface area contributed by atoms with E-state index < -0.39 is 0 Å². The molecule has 1 heterocycles. The van der Waals surface area contributed by atoms with Crippen LogP contribution < -0.4 is 4.90 Å². The zero-order chi connectivity index (χ0) is 11.9. The van der Waals surface area contributed by atoms with Crippen LogP contribution in [0, 0.1) is 0 Å². The van der Waals surface area contributed by atoms with Gasteiger partial charge >= 0.3 is 0 Å². The second-order valence-electron chi connectivity index (χ2n) is 5.32. The van der Waals surface area contributed by atoms with Crippen LogP contribution >= 0.6 is 0 Å². The Kier molecular flexibility index (Phi) is 2.22. The van der Waals surface area contributed by atoms with Crippen molar-refractivity contribution in [1.82, 2.24) is 0 Å². The highest BCUT2D eigenvalue weighted by molar-refractivity contribution is 5.72. The Morgan fingerprint density at radius 1 is 0.882 bits per heavy atom. The molecule has 0 saturated heterocycles. The van der Waals surface area contributed by atoms with Gasteiger partial charge in [0.25, 0.3) is 0 Å². The summed E-state index contributed by atoms with van der Waals surface area (Å²) in [5.41, 5.74) is 4.31. The first-order valence-electron chi connectivity index (χ1n) is 6.11. The third-order valence-corrected chi connectivity index (χ3v) is 3.55. The summed E-state index contributed by atoms with van der Waals surface area (Å²) < 4.78 is 0. The van der Waals surface area contributed by atoms with E-state index in [1.165, 1.54) is 16.9 Å². The Bertz CT molecular complexity index is 528. The lowest BCUT2D eigenvalue weighted by molar-refractivity contribution is 0.569. The molecule has 1 aliphatic heterocycles. The van der Waals surface area contributed by atoms with Gasteiger partial charge in [-0.2, -0.15) is 0 Å². The molecule has 1 aliphatic rings. The van der Waals surface area contributed by atoms with Gasteiger partial charge in [0, 0.05) is 23.3 Å². The van der Waals surface area contributed by atoms with E-state index in [1.54, 1.807) is 0 Å². The van der Waals surface area contributed by atoms with E-state index in [2.05, 4.69) is 73.3 Å². The van der Waals surface area contributed by atoms with Gasteiger partial charge in [0.1, 0.15) is 0 Å². The maximum absolute atomic E-state index is 2.41. The number of benzene rings is 2. The van der Waals surface area contributed by atoms with Crippen molar-refractivity contribution in [1.29, 1.82) is 0 Å². The SMILES string of the molecule is CC1(C)CN(c2ccccc2)c2ccccc21. The van der Waals surface area contributed by atoms with E-state index in [0.717, 1.165) is 6.54 Å². The van der Waals surface area contributed by atoms with Crippen LogP contribution in [0.1, 0.15) is 19.4 Å². The van der Waals surface area contributed by atoms with Gasteiger partial charge in [-0.25, -0.2) is 0 Å². The van der Waals surface area contributed by atoms with Crippen molar-refractivity contribution in [3.63, 3.8) is 0 Å². The molecule has 17 heavy (non-hydrogen) atoms. The molecule has 0 amide bonds. The van der Waals surface area contributed by atoms with Crippen molar-refractivity contribution in [2.75, 3.05) is 11.4 Å². The van der Waals surface area contributed by atoms with Gasteiger partial charge in [0.2, 0.25) is 0 Å². The Labute approximate surface area is 103 Å². The number of para-hydroxylation sites is 2. The Morgan fingerprint density at radius 2 is 1.53 bits per heavy atom. The summed E-state index contributed by atoms with van der Waals surface area (Å²) in [5.74, 6) is 0. The van der Waals surface area contributed by atoms with Gasteiger partial charge in [-0.05, 0) is 23.8 Å². The van der Waals surface area contributed by atoms with Crippen molar-refractivity contribution in [2.45, 2.75) is 19.3 Å². The molecule has 3 rings (SSSR count). The predicted octanol–water partition coefficient (Wildman–Crippen LogP) is 4.12. The van der Waals surface area contributed by atoms with E-state index in [0.29, 0.717) is 0 Å². The quantitative estimate of drug-likeness (QED) is 0.703. The number of fused-ring (bicyclic) bond motifs is 1. The first-order valence-corrected chi connectivity index (χ1v) is 6.11. The Morgan fingerprint density at radius 3 is 2.29 bits per heavy atom. The fourth-order valence-corrected chi connectivity index (χ4v) is 2.69. The van der Waals surface area contributed by atoms with Gasteiger partial charge in [0.05, 0.1) is 0 Å². The van der Waals surface area contributed by atoms with Crippen molar-refractivity contribution >= 4 is 11.4 Å². The minimum absolute atomic E-state index is 0.229. The maximum Gasteiger partial charge on any atom is 0.0449 e. The van der Waals surface area contributed by atoms with Gasteiger partial charge in [-0.3, -0.25) is 0 Å². The van der Waals surface area contributed by atoms with Crippen LogP contribution in [-0.4, -0.2) is 6.54 Å². The normalized spacial score (nSPS) is 16.9. The van der Waals surface area contributed by atoms with Crippen LogP contribution in [0.4, 0.5) is 11.4 Å². The second kappa shape index (κ2) is 3.63. The molecule has 2 aromatic rings. The van der Waals surface area contributed by atoms with Crippen molar-refractivity contribution in [2.24, 2.45) is 0 Å². The molecule has 1 nitrogen and oxygen atoms in total. The molecular formula is C16H17N. The van der Waals surface area contributed by atoms with Crippen molar-refractivity contribution in [3.8, 4) is 0 Å². The van der Waals surface area contributed by atoms with E-state index in [1.807, 2.05) is 0 Å². The third-order valence-electron chi connectivity index (χ3n) is 3.55. The van der Waals surface area contributed by atoms with Gasteiger partial charge < -0.3 is 4.90 Å². The minimum Gasteiger partial charge on any atom is -0.340 e. The standard InChI is InChI=1S/C16H17N/c1-16(2)12-17(13-8-4-3-5-9-13)15-11-7-6-10-14(15)16/h3-11H,12H2,1-2H3. The summed E-state index contributed by atoms with van der Waals surface area (Å²) in [5, 5.41) is 0. The average Bonchev–Trinajstić information content (AvgIpc) is 2.64. The molecule has 0 aromatic heterocycles. The molecule has 0 spiro atoms. The second-order valence-corrected chi connectivity index (χ2v) is 5.32. The first kappa shape index (κ1) is 10.4. The zero-order valence-corrected chi connectivity index (χ0v) is 10.4. The molecule has 0 radical (unpaired) electrons. The largest absolute Gasteiger partial charge is 0.340 e. The lowest BCUT2D eigenvalue weighted by atomic mass is 9.87. The monoisotopic (exact) mass is 223 g/mol. The van der Waals surface area contributed by atoms with Gasteiger partial charge in [0.15, 0.2) is 0 Å². The smallest absolute Gasteiger partial charge is 0.0449 e. The average molecular weight is 223 g/mol. The highest BCUT2D eigenvalue weighted by atomic mass is 15.2. The van der Waals surface area contributed by atoms with Crippen LogP contribution in [0.15, 0.2) is 54.6 Å². The Hall–Kier alpha value is -1.76. The van der Waals surface area contributed by atoms with E-state index in [-0.39, 0.29) is 5.41 Å². The topological polar surface area (TPSA) is 3.24 Å². The molecule has 1 heteroatoms. The molecule has 0 atom stereocenters. The molecule has 86 valence electrons. The first-order chi connectivity index (χ1) is 8.18. The molecule has 0 bridgehead atoms. The molecular weight excluding hydrogens is 206 g/mol. The predicted molar refractivity (Wildman–Crippen MR) is 72.9 cm³/mol. The van der Waals surface area contributed by atoms with Crippen LogP contribution in [0.3, 0.4) is 0 Å². The number of hydrogen-bond acceptors (Lipinski definition) is 1. The Balaban J connectivity index is 2.12. The summed E-state index contributed by atoms with van der Waals surface area (Å²) in [4.78, 5) is 2.41. The number of rotatable bonds is 1. The van der Waals surface area contributed by atoms with Crippen molar-refractivity contribution < 1.29 is 0 Å². The number of nitrogens with zero attached hydrogens (tertiary/aromatic N) is 1. The van der Waals surface area contributed by atoms with Gasteiger partial charge in [-0.1, -0.05) is 50.2 Å². The lowest BCUT2D eigenvalue weighted by Gasteiger charge is -2.22. The highest BCUT2D eigenvalue weighted by Crippen LogP contribution is 2.43. The lowest BCUT2D eigenvalue weighted by Crippen LogP contribution is -2.24. The molecule has 0 unspecified atom stereocenters. The molecule has 0 N–H and O–H groups in total. The van der Waals surface area contributed by atoms with Crippen LogP contribution in [-0.2, 0) is 5.41 Å². The summed E-state index contributed by atoms with van der Waals surface area (Å²) in [6, 6.07) is 19.3. The minimum atomic E-state index is 0.229. The van der Waals surface area contributed by atoms with E-state index in [9.17, 15) is 0 Å². The van der Waals surface area contributed by atoms with Crippen molar-refractivity contribution in [3.05, 3.63) is 60.2 Å². The number of hydrogen-bond donors (Lipinski definition) is 0.